The van der Waals surface area contributed by atoms with Crippen molar-refractivity contribution >= 4 is 0 Å². The fourth-order valence-electron chi connectivity index (χ4n) is 17.7. The highest BCUT2D eigenvalue weighted by molar-refractivity contribution is 5.81. The molecule has 0 saturated carbocycles. The number of nitrogens with one attached hydrogen (secondary N) is 3. The predicted octanol–water partition coefficient (Wildman–Crippen LogP) is 25.4. The molecular weight excluding hydrogens is 1640 g/mol. The largest absolute Gasteiger partial charge is 0.309 e. The number of pyridine rings is 6. The summed E-state index contributed by atoms with van der Waals surface area (Å²) in [4.78, 5) is 0. The Labute approximate surface area is 806 Å². The minimum atomic E-state index is 0.0877. The first-order chi connectivity index (χ1) is 64.5. The number of nitrogens with zero attached hydrogens (tertiary/aromatic N) is 6. The molecule has 0 radical (unpaired) electrons. The molecule has 9 nitrogen and oxygen atoms in total. The number of rotatable bonds is 30. The number of benzene rings is 10. The van der Waals surface area contributed by atoms with Gasteiger partial charge in [-0.2, -0.15) is 0 Å². The van der Waals surface area contributed by atoms with Crippen LogP contribution >= 0.6 is 0 Å². The van der Waals surface area contributed by atoms with Crippen molar-refractivity contribution in [3.05, 3.63) is 466 Å². The minimum absolute atomic E-state index is 0.0877. The van der Waals surface area contributed by atoms with E-state index in [0.29, 0.717) is 0 Å². The Kier molecular flexibility index (Phi) is 28.9. The van der Waals surface area contributed by atoms with Crippen LogP contribution in [0.5, 0.6) is 0 Å². The van der Waals surface area contributed by atoms with E-state index >= 15 is 0 Å². The zero-order valence-electron chi connectivity index (χ0n) is 83.3. The standard InChI is InChI=1S/C126H141N9/c1-121(2,3)115-67-100(68-116(76-115)122(4,5)6)88-133-61-49-109(50-62-133)106-43-55-130(56-44-106)85-97-25-19-91(20-26-97)79-127-82-94-31-37-103(38-32-94)112-73-113(104-39-33-95(34-40-104)83-128-80-92-21-27-98(28-22-92)86-131-57-45-107(46-58-131)110-51-63-134(64-52-110)89-101-69-117(123(7,8)9)77-118(70-101)124(10,11)12)75-114(74-112)105-41-35-96(36-42-105)84-129-81-93-23-29-99(30-24-93)87-132-59-47-108(48-60-132)111-53-65-135(66-54-111)90-102-71-119(125(13,14)15)78-120(72-102)126(16,17)18/h19-78,127-129H,79-90H2,1-18H3/q+6. The van der Waals surface area contributed by atoms with Crippen molar-refractivity contribution in [1.29, 1.82) is 0 Å². The van der Waals surface area contributed by atoms with E-state index in [4.69, 9.17) is 0 Å². The average molecular weight is 1780 g/mol. The quantitative estimate of drug-likeness (QED) is 0.0393. The van der Waals surface area contributed by atoms with Crippen molar-refractivity contribution in [3.8, 4) is 66.8 Å². The van der Waals surface area contributed by atoms with E-state index in [0.717, 1.165) is 78.5 Å². The molecule has 10 aromatic carbocycles. The molecule has 6 heterocycles. The lowest BCUT2D eigenvalue weighted by Gasteiger charge is -2.25. The van der Waals surface area contributed by atoms with Gasteiger partial charge in [0.15, 0.2) is 114 Å². The van der Waals surface area contributed by atoms with Gasteiger partial charge >= 0.3 is 0 Å². The Morgan fingerprint density at radius 1 is 0.141 bits per heavy atom. The first-order valence-corrected chi connectivity index (χ1v) is 48.7. The fraction of sp³-hybridized carbons (Fsp3) is 0.286. The molecule has 0 saturated heterocycles. The molecule has 0 aliphatic carbocycles. The van der Waals surface area contributed by atoms with Crippen molar-refractivity contribution in [1.82, 2.24) is 16.0 Å². The van der Waals surface area contributed by atoms with Crippen LogP contribution in [0.3, 0.4) is 0 Å². The maximum absolute atomic E-state index is 3.74. The second-order valence-electron chi connectivity index (χ2n) is 44.0. The van der Waals surface area contributed by atoms with E-state index < -0.39 is 0 Å². The molecule has 0 aliphatic rings. The summed E-state index contributed by atoms with van der Waals surface area (Å²) in [5.74, 6) is 0. The Hall–Kier alpha value is -13.0. The van der Waals surface area contributed by atoms with Crippen LogP contribution in [-0.4, -0.2) is 0 Å². The first kappa shape index (κ1) is 95.1. The van der Waals surface area contributed by atoms with E-state index in [9.17, 15) is 0 Å². The Morgan fingerprint density at radius 3 is 0.430 bits per heavy atom. The van der Waals surface area contributed by atoms with E-state index in [1.807, 2.05) is 0 Å². The molecule has 0 unspecified atom stereocenters. The summed E-state index contributed by atoms with van der Waals surface area (Å²) in [5, 5.41) is 11.2. The van der Waals surface area contributed by atoms with Gasteiger partial charge in [0.05, 0.1) is 0 Å². The molecule has 0 atom stereocenters. The van der Waals surface area contributed by atoms with Gasteiger partial charge in [-0.3, -0.25) is 0 Å². The maximum Gasteiger partial charge on any atom is 0.173 e. The van der Waals surface area contributed by atoms with Crippen molar-refractivity contribution in [2.75, 3.05) is 0 Å². The Balaban J connectivity index is 0.529. The third-order valence-corrected chi connectivity index (χ3v) is 26.6. The van der Waals surface area contributed by atoms with Gasteiger partial charge in [0.2, 0.25) is 0 Å². The summed E-state index contributed by atoms with van der Waals surface area (Å²) in [5.41, 5.74) is 38.6. The monoisotopic (exact) mass is 1780 g/mol. The molecule has 9 heteroatoms. The molecule has 3 N–H and O–H groups in total. The highest BCUT2D eigenvalue weighted by atomic mass is 15.0. The molecule has 16 aromatic rings. The van der Waals surface area contributed by atoms with E-state index in [2.05, 4.69) is 534 Å². The van der Waals surface area contributed by atoms with Gasteiger partial charge in [-0.05, 0) is 221 Å². The van der Waals surface area contributed by atoms with Crippen molar-refractivity contribution in [2.24, 2.45) is 0 Å². The highest BCUT2D eigenvalue weighted by Crippen LogP contribution is 2.38. The second-order valence-corrected chi connectivity index (χ2v) is 44.0. The van der Waals surface area contributed by atoms with Crippen LogP contribution in [0.15, 0.2) is 366 Å². The molecule has 0 amide bonds. The molecule has 6 aromatic heterocycles. The molecular formula is C126H141N9+6. The Morgan fingerprint density at radius 2 is 0.274 bits per heavy atom. The molecule has 0 bridgehead atoms. The highest BCUT2D eigenvalue weighted by Gasteiger charge is 2.27. The predicted molar refractivity (Wildman–Crippen MR) is 557 cm³/mol. The SMILES string of the molecule is CC(C)(C)c1cc(C[n+]2ccc(-c3cc[n+](Cc4ccc(CNCc5ccc(-c6cc(-c7ccc(CNCc8ccc(C[n+]9ccc(-c%10cc[n+](Cc%11cc(C(C)(C)C)cc(C(C)(C)C)c%11)cc%10)cc9)cc8)cc7)cc(-c7ccc(CNCc8ccc(C[n+]9ccc(-c%10cc[n+](Cc%11cc(C(C)(C)C)cc(C(C)(C)C)c%11)cc%10)cc9)cc8)cc7)c6)cc5)cc4)cc3)cc2)cc(C(C)(C)C)c1. The molecule has 16 rings (SSSR count). The minimum Gasteiger partial charge on any atom is -0.309 e. The normalized spacial score (nSPS) is 12.2. The van der Waals surface area contributed by atoms with Crippen LogP contribution in [0, 0.1) is 0 Å². The van der Waals surface area contributed by atoms with Crippen LogP contribution in [0.4, 0.5) is 0 Å². The van der Waals surface area contributed by atoms with Crippen molar-refractivity contribution in [2.45, 2.75) is 236 Å². The smallest absolute Gasteiger partial charge is 0.173 e. The fourth-order valence-corrected chi connectivity index (χ4v) is 17.7. The zero-order chi connectivity index (χ0) is 94.8. The van der Waals surface area contributed by atoms with Gasteiger partial charge in [0.25, 0.3) is 0 Å². The number of aromatic nitrogens is 6. The summed E-state index contributed by atoms with van der Waals surface area (Å²) in [6.07, 6.45) is 26.5. The van der Waals surface area contributed by atoms with E-state index in [-0.39, 0.29) is 32.5 Å². The van der Waals surface area contributed by atoms with E-state index in [1.165, 1.54) is 167 Å². The van der Waals surface area contributed by atoms with Gasteiger partial charge in [0.1, 0.15) is 0 Å². The van der Waals surface area contributed by atoms with Crippen molar-refractivity contribution in [3.63, 3.8) is 0 Å². The molecule has 0 aliphatic heterocycles. The van der Waals surface area contributed by atoms with Crippen LogP contribution in [0.2, 0.25) is 0 Å². The third kappa shape index (κ3) is 25.9. The summed E-state index contributed by atoms with van der Waals surface area (Å²) in [6, 6.07) is 110. The van der Waals surface area contributed by atoms with E-state index in [1.54, 1.807) is 0 Å². The number of hydrogen-bond donors (Lipinski definition) is 3. The first-order valence-electron chi connectivity index (χ1n) is 48.7. The van der Waals surface area contributed by atoms with Gasteiger partial charge < -0.3 is 16.0 Å². The van der Waals surface area contributed by atoms with Crippen molar-refractivity contribution < 1.29 is 27.4 Å². The topological polar surface area (TPSA) is 59.4 Å². The van der Waals surface area contributed by atoms with Crippen LogP contribution in [-0.2, 0) is 111 Å². The van der Waals surface area contributed by atoms with Crippen LogP contribution in [0.1, 0.15) is 225 Å². The lowest BCUT2D eigenvalue weighted by atomic mass is 9.79. The summed E-state index contributed by atoms with van der Waals surface area (Å²) >= 11 is 0. The molecule has 0 fully saturated rings. The lowest BCUT2D eigenvalue weighted by Crippen LogP contribution is -2.34. The lowest BCUT2D eigenvalue weighted by molar-refractivity contribution is -0.688. The number of hydrogen-bond acceptors (Lipinski definition) is 3. The second kappa shape index (κ2) is 41.0. The van der Waals surface area contributed by atoms with Gasteiger partial charge in [-0.1, -0.05) is 288 Å². The third-order valence-electron chi connectivity index (χ3n) is 26.6. The summed E-state index contributed by atoms with van der Waals surface area (Å²) < 4.78 is 13.7. The van der Waals surface area contributed by atoms with Gasteiger partial charge in [-0.15, -0.1) is 0 Å². The summed E-state index contributed by atoms with van der Waals surface area (Å²) in [6.45, 7) is 51.1. The molecule has 0 spiro atoms. The molecule has 684 valence electrons. The Bertz CT molecular complexity index is 5900. The zero-order valence-corrected chi connectivity index (χ0v) is 83.3. The van der Waals surface area contributed by atoms with Crippen LogP contribution in [0.25, 0.3) is 66.8 Å². The average Bonchev–Trinajstić information content (AvgIpc) is 0.796. The summed E-state index contributed by atoms with van der Waals surface area (Å²) in [7, 11) is 0. The maximum atomic E-state index is 3.74. The molecule has 135 heavy (non-hydrogen) atoms. The van der Waals surface area contributed by atoms with Crippen LogP contribution < -0.4 is 43.4 Å². The van der Waals surface area contributed by atoms with Gasteiger partial charge in [0, 0.05) is 145 Å². The van der Waals surface area contributed by atoms with Gasteiger partial charge in [-0.25, -0.2) is 27.4 Å².